The lowest BCUT2D eigenvalue weighted by Gasteiger charge is -2.35. The van der Waals surface area contributed by atoms with Crippen molar-refractivity contribution in [2.24, 2.45) is 5.92 Å². The molecule has 8 heteroatoms. The number of carbonyl (C=O) groups is 2. The summed E-state index contributed by atoms with van der Waals surface area (Å²) in [5.74, 6) is -1.98. The van der Waals surface area contributed by atoms with Gasteiger partial charge in [-0.3, -0.25) is 14.5 Å². The van der Waals surface area contributed by atoms with Gasteiger partial charge in [0, 0.05) is 60.3 Å². The largest absolute Gasteiger partial charge is 0.350 e. The number of halogens is 3. The van der Waals surface area contributed by atoms with Gasteiger partial charge in [-0.25, -0.2) is 8.78 Å². The number of amides is 2. The maximum absolute atomic E-state index is 14.8. The quantitative estimate of drug-likeness (QED) is 0.503. The first-order chi connectivity index (χ1) is 17.8. The van der Waals surface area contributed by atoms with Crippen molar-refractivity contribution in [2.45, 2.75) is 70.9 Å². The lowest BCUT2D eigenvalue weighted by molar-refractivity contribution is -0.136. The second-order valence-corrected chi connectivity index (χ2v) is 12.4. The van der Waals surface area contributed by atoms with Crippen LogP contribution in [-0.4, -0.2) is 59.4 Å². The highest BCUT2D eigenvalue weighted by atomic mass is 35.5. The van der Waals surface area contributed by atoms with Crippen LogP contribution in [0.4, 0.5) is 8.78 Å². The molecule has 1 N–H and O–H groups in total. The molecule has 0 spiro atoms. The van der Waals surface area contributed by atoms with Gasteiger partial charge in [0.25, 0.3) is 5.91 Å². The minimum atomic E-state index is -0.620. The molecule has 206 valence electrons. The number of hydrogen-bond acceptors (Lipinski definition) is 3. The molecule has 2 fully saturated rings. The molecule has 2 amide bonds. The smallest absolute Gasteiger partial charge is 0.251 e. The van der Waals surface area contributed by atoms with E-state index in [1.54, 1.807) is 6.07 Å². The molecule has 2 saturated heterocycles. The molecule has 4 rings (SSSR count). The van der Waals surface area contributed by atoms with Gasteiger partial charge in [-0.15, -0.1) is 0 Å². The van der Waals surface area contributed by atoms with Crippen molar-refractivity contribution >= 4 is 23.4 Å². The highest BCUT2D eigenvalue weighted by molar-refractivity contribution is 6.31. The molecular formula is C30H38ClF2N3O2. The van der Waals surface area contributed by atoms with Gasteiger partial charge in [0.15, 0.2) is 0 Å². The van der Waals surface area contributed by atoms with E-state index in [0.29, 0.717) is 42.3 Å². The SMILES string of the molecule is CC(C)NC(=O)c1cc(Cl)ccc1C1CCN(C(=O)C2CN(C(C)(C)C)C[C@H]2c2ccc(F)cc2F)CC1. The Hall–Kier alpha value is -2.51. The molecule has 0 bridgehead atoms. The molecule has 0 radical (unpaired) electrons. The van der Waals surface area contributed by atoms with Crippen LogP contribution in [0.3, 0.4) is 0 Å². The van der Waals surface area contributed by atoms with Crippen LogP contribution in [0, 0.1) is 17.6 Å². The summed E-state index contributed by atoms with van der Waals surface area (Å²) in [6, 6.07) is 9.11. The third kappa shape index (κ3) is 6.20. The number of rotatable bonds is 5. The van der Waals surface area contributed by atoms with E-state index in [-0.39, 0.29) is 35.2 Å². The molecule has 2 aliphatic rings. The zero-order valence-corrected chi connectivity index (χ0v) is 23.6. The summed E-state index contributed by atoms with van der Waals surface area (Å²) in [5.41, 5.74) is 1.75. The predicted molar refractivity (Wildman–Crippen MR) is 147 cm³/mol. The zero-order valence-electron chi connectivity index (χ0n) is 22.9. The maximum Gasteiger partial charge on any atom is 0.251 e. The summed E-state index contributed by atoms with van der Waals surface area (Å²) < 4.78 is 28.5. The van der Waals surface area contributed by atoms with Gasteiger partial charge in [0.2, 0.25) is 5.91 Å². The highest BCUT2D eigenvalue weighted by Gasteiger charge is 2.44. The summed E-state index contributed by atoms with van der Waals surface area (Å²) >= 11 is 6.22. The number of hydrogen-bond donors (Lipinski definition) is 1. The Morgan fingerprint density at radius 2 is 1.66 bits per heavy atom. The maximum atomic E-state index is 14.8. The van der Waals surface area contributed by atoms with Crippen molar-refractivity contribution in [3.63, 3.8) is 0 Å². The number of nitrogens with one attached hydrogen (secondary N) is 1. The Kier molecular flexibility index (Phi) is 8.48. The Bertz CT molecular complexity index is 1190. The van der Waals surface area contributed by atoms with Crippen molar-refractivity contribution in [2.75, 3.05) is 26.2 Å². The average Bonchev–Trinajstić information content (AvgIpc) is 3.29. The number of likely N-dealkylation sites (tertiary alicyclic amines) is 2. The lowest BCUT2D eigenvalue weighted by atomic mass is 9.84. The highest BCUT2D eigenvalue weighted by Crippen LogP contribution is 2.40. The minimum Gasteiger partial charge on any atom is -0.350 e. The summed E-state index contributed by atoms with van der Waals surface area (Å²) in [6.07, 6.45) is 1.45. The summed E-state index contributed by atoms with van der Waals surface area (Å²) in [6.45, 7) is 12.3. The van der Waals surface area contributed by atoms with Crippen LogP contribution in [-0.2, 0) is 4.79 Å². The van der Waals surface area contributed by atoms with Crippen LogP contribution in [0.1, 0.15) is 80.8 Å². The second-order valence-electron chi connectivity index (χ2n) is 11.9. The van der Waals surface area contributed by atoms with E-state index in [1.807, 2.05) is 30.9 Å². The van der Waals surface area contributed by atoms with E-state index >= 15 is 0 Å². The number of carbonyl (C=O) groups excluding carboxylic acids is 2. The van der Waals surface area contributed by atoms with E-state index < -0.39 is 17.6 Å². The molecule has 2 heterocycles. The Labute approximate surface area is 229 Å². The van der Waals surface area contributed by atoms with E-state index in [4.69, 9.17) is 11.6 Å². The molecule has 1 unspecified atom stereocenters. The van der Waals surface area contributed by atoms with Gasteiger partial charge in [-0.1, -0.05) is 23.7 Å². The Morgan fingerprint density at radius 3 is 2.26 bits per heavy atom. The van der Waals surface area contributed by atoms with E-state index in [0.717, 1.165) is 24.5 Å². The second kappa shape index (κ2) is 11.3. The first kappa shape index (κ1) is 28.5. The monoisotopic (exact) mass is 545 g/mol. The van der Waals surface area contributed by atoms with Crippen LogP contribution in [0.5, 0.6) is 0 Å². The molecule has 2 aliphatic heterocycles. The lowest BCUT2D eigenvalue weighted by Crippen LogP contribution is -2.44. The standard InChI is InChI=1S/C30H38ClF2N3O2/c1-18(2)34-28(37)24-14-20(31)6-8-22(24)19-10-12-35(13-11-19)29(38)26-17-36(30(3,4)5)16-25(26)23-9-7-21(32)15-27(23)33/h6-9,14-15,18-19,25-26H,10-13,16-17H2,1-5H3,(H,34,37)/t25-,26?/m0/s1. The van der Waals surface area contributed by atoms with Crippen molar-refractivity contribution in [3.8, 4) is 0 Å². The van der Waals surface area contributed by atoms with Crippen LogP contribution in [0.15, 0.2) is 36.4 Å². The van der Waals surface area contributed by atoms with Gasteiger partial charge < -0.3 is 10.2 Å². The fraction of sp³-hybridized carbons (Fsp3) is 0.533. The first-order valence-electron chi connectivity index (χ1n) is 13.4. The van der Waals surface area contributed by atoms with Crippen LogP contribution >= 0.6 is 11.6 Å². The van der Waals surface area contributed by atoms with Crippen LogP contribution in [0.25, 0.3) is 0 Å². The van der Waals surface area contributed by atoms with Crippen molar-refractivity contribution in [1.29, 1.82) is 0 Å². The van der Waals surface area contributed by atoms with E-state index in [2.05, 4.69) is 31.0 Å². The van der Waals surface area contributed by atoms with Crippen molar-refractivity contribution in [3.05, 3.63) is 69.7 Å². The molecular weight excluding hydrogens is 508 g/mol. The van der Waals surface area contributed by atoms with Gasteiger partial charge in [0.05, 0.1) is 5.92 Å². The van der Waals surface area contributed by atoms with E-state index in [9.17, 15) is 18.4 Å². The molecule has 2 aromatic rings. The van der Waals surface area contributed by atoms with Gasteiger partial charge in [-0.2, -0.15) is 0 Å². The van der Waals surface area contributed by atoms with Gasteiger partial charge in [-0.05, 0) is 82.7 Å². The minimum absolute atomic E-state index is 0.00626. The molecule has 2 aromatic carbocycles. The predicted octanol–water partition coefficient (Wildman–Crippen LogP) is 5.98. The molecule has 0 aliphatic carbocycles. The first-order valence-corrected chi connectivity index (χ1v) is 13.8. The summed E-state index contributed by atoms with van der Waals surface area (Å²) in [5, 5.41) is 3.47. The van der Waals surface area contributed by atoms with Gasteiger partial charge in [0.1, 0.15) is 11.6 Å². The third-order valence-electron chi connectivity index (χ3n) is 7.87. The average molecular weight is 546 g/mol. The van der Waals surface area contributed by atoms with Crippen molar-refractivity contribution < 1.29 is 18.4 Å². The summed E-state index contributed by atoms with van der Waals surface area (Å²) in [7, 11) is 0. The van der Waals surface area contributed by atoms with Crippen LogP contribution in [0.2, 0.25) is 5.02 Å². The van der Waals surface area contributed by atoms with Crippen LogP contribution < -0.4 is 5.32 Å². The van der Waals surface area contributed by atoms with Crippen molar-refractivity contribution in [1.82, 2.24) is 15.1 Å². The molecule has 0 aromatic heterocycles. The topological polar surface area (TPSA) is 52.7 Å². The Morgan fingerprint density at radius 1 is 1.00 bits per heavy atom. The molecule has 0 saturated carbocycles. The summed E-state index contributed by atoms with van der Waals surface area (Å²) in [4.78, 5) is 30.8. The number of piperidine rings is 1. The normalized spacial score (nSPS) is 21.2. The fourth-order valence-corrected chi connectivity index (χ4v) is 5.96. The Balaban J connectivity index is 1.51. The molecule has 2 atom stereocenters. The van der Waals surface area contributed by atoms with E-state index in [1.165, 1.54) is 12.1 Å². The zero-order chi connectivity index (χ0) is 27.8. The fourth-order valence-electron chi connectivity index (χ4n) is 5.79. The number of nitrogens with zero attached hydrogens (tertiary/aromatic N) is 2. The van der Waals surface area contributed by atoms with Gasteiger partial charge >= 0.3 is 0 Å². The molecule has 5 nitrogen and oxygen atoms in total. The molecule has 38 heavy (non-hydrogen) atoms. The number of benzene rings is 2. The third-order valence-corrected chi connectivity index (χ3v) is 8.11.